The lowest BCUT2D eigenvalue weighted by Gasteiger charge is -2.02. The van der Waals surface area contributed by atoms with Crippen LogP contribution in [0, 0.1) is 0 Å². The molecule has 92 valence electrons. The van der Waals surface area contributed by atoms with Gasteiger partial charge in [-0.3, -0.25) is 4.57 Å². The van der Waals surface area contributed by atoms with Gasteiger partial charge < -0.3 is 9.84 Å². The maximum atomic E-state index is 11.2. The Morgan fingerprint density at radius 3 is 2.78 bits per heavy atom. The minimum absolute atomic E-state index is 0.111. The normalized spacial score (nSPS) is 10.1. The van der Waals surface area contributed by atoms with Crippen LogP contribution in [0.5, 0.6) is 0 Å². The van der Waals surface area contributed by atoms with Crippen molar-refractivity contribution in [2.24, 2.45) is 0 Å². The molecule has 0 aromatic carbocycles. The molecule has 8 nitrogen and oxygen atoms in total. The van der Waals surface area contributed by atoms with Crippen molar-refractivity contribution in [1.82, 2.24) is 19.5 Å². The molecule has 0 fully saturated rings. The molecule has 2 heterocycles. The zero-order valence-corrected chi connectivity index (χ0v) is 9.27. The van der Waals surface area contributed by atoms with Crippen LogP contribution in [0.15, 0.2) is 24.8 Å². The van der Waals surface area contributed by atoms with Crippen LogP contribution < -0.4 is 0 Å². The summed E-state index contributed by atoms with van der Waals surface area (Å²) >= 11 is 0. The smallest absolute Gasteiger partial charge is 0.376 e. The van der Waals surface area contributed by atoms with Crippen LogP contribution in [0.2, 0.25) is 0 Å². The molecule has 0 aliphatic carbocycles. The maximum absolute atomic E-state index is 11.2. The number of aromatic nitrogens is 4. The van der Waals surface area contributed by atoms with Crippen molar-refractivity contribution in [3.05, 3.63) is 36.3 Å². The molecule has 0 amide bonds. The van der Waals surface area contributed by atoms with E-state index in [1.165, 1.54) is 36.5 Å². The average Bonchev–Trinajstić information content (AvgIpc) is 2.88. The zero-order chi connectivity index (χ0) is 13.1. The maximum Gasteiger partial charge on any atom is 0.376 e. The van der Waals surface area contributed by atoms with Gasteiger partial charge in [0.15, 0.2) is 5.69 Å². The highest BCUT2D eigenvalue weighted by Gasteiger charge is 2.12. The van der Waals surface area contributed by atoms with Crippen LogP contribution >= 0.6 is 0 Å². The van der Waals surface area contributed by atoms with E-state index in [9.17, 15) is 9.59 Å². The van der Waals surface area contributed by atoms with Gasteiger partial charge in [-0.15, -0.1) is 0 Å². The number of rotatable bonds is 3. The van der Waals surface area contributed by atoms with Gasteiger partial charge in [0.05, 0.1) is 7.11 Å². The Balaban J connectivity index is 2.38. The van der Waals surface area contributed by atoms with Crippen LogP contribution in [-0.4, -0.2) is 43.7 Å². The van der Waals surface area contributed by atoms with E-state index in [0.29, 0.717) is 5.82 Å². The topological polar surface area (TPSA) is 107 Å². The number of esters is 1. The summed E-state index contributed by atoms with van der Waals surface area (Å²) in [5.74, 6) is -1.60. The summed E-state index contributed by atoms with van der Waals surface area (Å²) in [7, 11) is 1.22. The SMILES string of the molecule is COC(=O)c1nccc(-n2cnc(C(=O)O)c2)n1. The van der Waals surface area contributed by atoms with Crippen LogP contribution in [0.3, 0.4) is 0 Å². The van der Waals surface area contributed by atoms with Gasteiger partial charge in [-0.05, 0) is 6.07 Å². The van der Waals surface area contributed by atoms with Crippen molar-refractivity contribution >= 4 is 11.9 Å². The van der Waals surface area contributed by atoms with Gasteiger partial charge in [0.2, 0.25) is 5.82 Å². The van der Waals surface area contributed by atoms with Crippen LogP contribution in [0.1, 0.15) is 21.1 Å². The van der Waals surface area contributed by atoms with E-state index in [1.807, 2.05) is 0 Å². The number of carboxylic acids is 1. The molecule has 2 aromatic rings. The molecule has 18 heavy (non-hydrogen) atoms. The van der Waals surface area contributed by atoms with E-state index in [0.717, 1.165) is 0 Å². The summed E-state index contributed by atoms with van der Waals surface area (Å²) in [6, 6.07) is 1.51. The summed E-state index contributed by atoms with van der Waals surface area (Å²) in [6.07, 6.45) is 3.94. The van der Waals surface area contributed by atoms with Crippen LogP contribution in [-0.2, 0) is 4.74 Å². The van der Waals surface area contributed by atoms with Gasteiger partial charge in [0.25, 0.3) is 0 Å². The summed E-state index contributed by atoms with van der Waals surface area (Å²) in [6.45, 7) is 0. The van der Waals surface area contributed by atoms with Crippen molar-refractivity contribution in [1.29, 1.82) is 0 Å². The third-order valence-electron chi connectivity index (χ3n) is 2.08. The Morgan fingerprint density at radius 2 is 2.17 bits per heavy atom. The fourth-order valence-corrected chi connectivity index (χ4v) is 1.24. The van der Waals surface area contributed by atoms with Gasteiger partial charge in [0.1, 0.15) is 12.1 Å². The predicted molar refractivity (Wildman–Crippen MR) is 57.5 cm³/mol. The molecule has 2 rings (SSSR count). The number of methoxy groups -OCH3 is 1. The highest BCUT2D eigenvalue weighted by molar-refractivity contribution is 5.85. The van der Waals surface area contributed by atoms with E-state index >= 15 is 0 Å². The number of nitrogens with zero attached hydrogens (tertiary/aromatic N) is 4. The van der Waals surface area contributed by atoms with Crippen molar-refractivity contribution in [3.63, 3.8) is 0 Å². The third kappa shape index (κ3) is 2.17. The molecule has 0 spiro atoms. The van der Waals surface area contributed by atoms with Gasteiger partial charge in [-0.2, -0.15) is 0 Å². The molecule has 0 aliphatic rings. The molecular weight excluding hydrogens is 240 g/mol. The molecule has 8 heteroatoms. The fourth-order valence-electron chi connectivity index (χ4n) is 1.24. The van der Waals surface area contributed by atoms with Gasteiger partial charge in [-0.25, -0.2) is 24.5 Å². The second-order valence-corrected chi connectivity index (χ2v) is 3.20. The number of imidazole rings is 1. The lowest BCUT2D eigenvalue weighted by molar-refractivity contribution is 0.0585. The largest absolute Gasteiger partial charge is 0.476 e. The van der Waals surface area contributed by atoms with Gasteiger partial charge in [-0.1, -0.05) is 0 Å². The minimum Gasteiger partial charge on any atom is -0.476 e. The van der Waals surface area contributed by atoms with Crippen molar-refractivity contribution in [3.8, 4) is 5.82 Å². The molecule has 0 aliphatic heterocycles. The Kier molecular flexibility index (Phi) is 3.00. The summed E-state index contributed by atoms with van der Waals surface area (Å²) in [5, 5.41) is 8.74. The zero-order valence-electron chi connectivity index (χ0n) is 9.27. The summed E-state index contributed by atoms with van der Waals surface area (Å²) in [4.78, 5) is 33.3. The van der Waals surface area contributed by atoms with E-state index in [4.69, 9.17) is 5.11 Å². The number of aromatic carboxylic acids is 1. The van der Waals surface area contributed by atoms with E-state index < -0.39 is 11.9 Å². The first kappa shape index (κ1) is 11.7. The van der Waals surface area contributed by atoms with Crippen molar-refractivity contribution in [2.45, 2.75) is 0 Å². The Bertz CT molecular complexity index is 607. The molecule has 1 N–H and O–H groups in total. The molecule has 0 radical (unpaired) electrons. The first-order chi connectivity index (χ1) is 8.61. The number of carbonyl (C=O) groups excluding carboxylic acids is 1. The van der Waals surface area contributed by atoms with Gasteiger partial charge >= 0.3 is 11.9 Å². The number of carbonyl (C=O) groups is 2. The summed E-state index contributed by atoms with van der Waals surface area (Å²) < 4.78 is 5.86. The van der Waals surface area contributed by atoms with Crippen LogP contribution in [0.25, 0.3) is 5.82 Å². The lowest BCUT2D eigenvalue weighted by Crippen LogP contribution is -2.09. The van der Waals surface area contributed by atoms with Crippen molar-refractivity contribution < 1.29 is 19.4 Å². The predicted octanol–water partition coefficient (Wildman–Crippen LogP) is 0.147. The quantitative estimate of drug-likeness (QED) is 0.770. The van der Waals surface area contributed by atoms with E-state index in [1.54, 1.807) is 0 Å². The van der Waals surface area contributed by atoms with E-state index in [2.05, 4.69) is 19.7 Å². The first-order valence-electron chi connectivity index (χ1n) is 4.81. The van der Waals surface area contributed by atoms with Crippen LogP contribution in [0.4, 0.5) is 0 Å². The fraction of sp³-hybridized carbons (Fsp3) is 0.100. The highest BCUT2D eigenvalue weighted by Crippen LogP contribution is 2.06. The number of hydrogen-bond acceptors (Lipinski definition) is 6. The molecule has 0 unspecified atom stereocenters. The standard InChI is InChI=1S/C10H8N4O4/c1-18-10(17)8-11-3-2-7(13-8)14-4-6(9(15)16)12-5-14/h2-5H,1H3,(H,15,16). The molecule has 0 saturated heterocycles. The van der Waals surface area contributed by atoms with Crippen molar-refractivity contribution in [2.75, 3.05) is 7.11 Å². The molecular formula is C10H8N4O4. The first-order valence-corrected chi connectivity index (χ1v) is 4.81. The highest BCUT2D eigenvalue weighted by atomic mass is 16.5. The molecule has 0 atom stereocenters. The average molecular weight is 248 g/mol. The summed E-state index contributed by atoms with van der Waals surface area (Å²) in [5.41, 5.74) is -0.117. The second kappa shape index (κ2) is 4.62. The number of carboxylic acid groups (broad SMARTS) is 1. The minimum atomic E-state index is -1.14. The molecule has 0 bridgehead atoms. The Labute approximate surface area is 101 Å². The molecule has 0 saturated carbocycles. The van der Waals surface area contributed by atoms with E-state index in [-0.39, 0.29) is 11.5 Å². The number of ether oxygens (including phenoxy) is 1. The Hall–Kier alpha value is -2.77. The van der Waals surface area contributed by atoms with Gasteiger partial charge in [0, 0.05) is 12.4 Å². The third-order valence-corrected chi connectivity index (χ3v) is 2.08. The second-order valence-electron chi connectivity index (χ2n) is 3.20. The Morgan fingerprint density at radius 1 is 1.39 bits per heavy atom. The lowest BCUT2D eigenvalue weighted by atomic mass is 10.5. The number of hydrogen-bond donors (Lipinski definition) is 1. The monoisotopic (exact) mass is 248 g/mol. The molecule has 2 aromatic heterocycles.